The van der Waals surface area contributed by atoms with Crippen molar-refractivity contribution in [2.24, 2.45) is 11.7 Å². The van der Waals surface area contributed by atoms with E-state index in [9.17, 15) is 4.79 Å². The fraction of sp³-hybridized carbons (Fsp3) is 0.815. The highest BCUT2D eigenvalue weighted by atomic mass is 16.1. The summed E-state index contributed by atoms with van der Waals surface area (Å²) in [7, 11) is 0. The van der Waals surface area contributed by atoms with Crippen molar-refractivity contribution in [3.05, 3.63) is 18.0 Å². The van der Waals surface area contributed by atoms with E-state index < -0.39 is 0 Å². The molecule has 0 spiro atoms. The molecular formula is C27H49N7O. The molecule has 0 bridgehead atoms. The summed E-state index contributed by atoms with van der Waals surface area (Å²) in [6.07, 6.45) is 11.7. The number of piperazine rings is 1. The molecule has 4 N–H and O–H groups in total. The van der Waals surface area contributed by atoms with E-state index in [1.54, 1.807) is 0 Å². The van der Waals surface area contributed by atoms with E-state index in [0.717, 1.165) is 51.6 Å². The minimum atomic E-state index is 0.180. The SMILES string of the molecule is CC(C)C(=O)CN1CCNCC1.CC(C)N1CC(N)CC(Nc2ncc(C3CCCCC3)cn2)C1. The maximum Gasteiger partial charge on any atom is 0.222 e. The lowest BCUT2D eigenvalue weighted by Gasteiger charge is -2.38. The predicted octanol–water partition coefficient (Wildman–Crippen LogP) is 2.86. The van der Waals surface area contributed by atoms with Gasteiger partial charge in [-0.25, -0.2) is 9.97 Å². The number of rotatable bonds is 7. The van der Waals surface area contributed by atoms with Gasteiger partial charge in [-0.2, -0.15) is 0 Å². The molecule has 8 heteroatoms. The molecule has 1 aromatic rings. The Kier molecular flexibility index (Phi) is 11.4. The Labute approximate surface area is 212 Å². The number of hydrogen-bond acceptors (Lipinski definition) is 8. The summed E-state index contributed by atoms with van der Waals surface area (Å²) in [5.74, 6) is 1.95. The fourth-order valence-electron chi connectivity index (χ4n) is 5.21. The molecule has 8 nitrogen and oxygen atoms in total. The molecule has 2 atom stereocenters. The van der Waals surface area contributed by atoms with Gasteiger partial charge in [0.25, 0.3) is 0 Å². The van der Waals surface area contributed by atoms with E-state index in [4.69, 9.17) is 5.73 Å². The fourth-order valence-corrected chi connectivity index (χ4v) is 5.21. The molecule has 1 aromatic heterocycles. The summed E-state index contributed by atoms with van der Waals surface area (Å²) < 4.78 is 0. The van der Waals surface area contributed by atoms with Gasteiger partial charge in [0.1, 0.15) is 5.78 Å². The maximum absolute atomic E-state index is 11.3. The van der Waals surface area contributed by atoms with Gasteiger partial charge in [-0.3, -0.25) is 14.6 Å². The zero-order valence-corrected chi connectivity index (χ0v) is 22.5. The van der Waals surface area contributed by atoms with Crippen LogP contribution in [0.4, 0.5) is 5.95 Å². The Hall–Kier alpha value is -1.61. The molecule has 4 rings (SSSR count). The number of carbonyl (C=O) groups excluding carboxylic acids is 1. The van der Waals surface area contributed by atoms with Crippen molar-refractivity contribution >= 4 is 11.7 Å². The highest BCUT2D eigenvalue weighted by Crippen LogP contribution is 2.32. The number of hydrogen-bond donors (Lipinski definition) is 3. The molecule has 198 valence electrons. The first kappa shape index (κ1) is 28.0. The van der Waals surface area contributed by atoms with Crippen LogP contribution in [0.25, 0.3) is 0 Å². The van der Waals surface area contributed by atoms with Gasteiger partial charge in [0, 0.05) is 75.7 Å². The van der Waals surface area contributed by atoms with Crippen LogP contribution < -0.4 is 16.4 Å². The second-order valence-electron chi connectivity index (χ2n) is 11.2. The molecule has 2 saturated heterocycles. The van der Waals surface area contributed by atoms with Crippen LogP contribution in [0.5, 0.6) is 0 Å². The lowest BCUT2D eigenvalue weighted by atomic mass is 9.85. The van der Waals surface area contributed by atoms with Gasteiger partial charge < -0.3 is 16.4 Å². The zero-order valence-electron chi connectivity index (χ0n) is 22.5. The van der Waals surface area contributed by atoms with Crippen LogP contribution in [0.15, 0.2) is 12.4 Å². The third-order valence-corrected chi connectivity index (χ3v) is 7.56. The number of ketones is 1. The van der Waals surface area contributed by atoms with Crippen LogP contribution in [-0.4, -0.2) is 89.5 Å². The van der Waals surface area contributed by atoms with Crippen molar-refractivity contribution in [3.8, 4) is 0 Å². The van der Waals surface area contributed by atoms with Gasteiger partial charge >= 0.3 is 0 Å². The van der Waals surface area contributed by atoms with Crippen LogP contribution in [0, 0.1) is 5.92 Å². The number of carbonyl (C=O) groups is 1. The Bertz CT molecular complexity index is 742. The average Bonchev–Trinajstić information content (AvgIpc) is 2.85. The van der Waals surface area contributed by atoms with E-state index in [1.807, 2.05) is 26.2 Å². The summed E-state index contributed by atoms with van der Waals surface area (Å²) in [5.41, 5.74) is 7.51. The predicted molar refractivity (Wildman–Crippen MR) is 144 cm³/mol. The van der Waals surface area contributed by atoms with Gasteiger partial charge in [-0.15, -0.1) is 0 Å². The van der Waals surface area contributed by atoms with Crippen molar-refractivity contribution < 1.29 is 4.79 Å². The molecule has 35 heavy (non-hydrogen) atoms. The van der Waals surface area contributed by atoms with Gasteiger partial charge in [-0.05, 0) is 44.6 Å². The van der Waals surface area contributed by atoms with Crippen LogP contribution in [0.2, 0.25) is 0 Å². The summed E-state index contributed by atoms with van der Waals surface area (Å²) in [4.78, 5) is 25.1. The molecule has 1 saturated carbocycles. The van der Waals surface area contributed by atoms with E-state index in [-0.39, 0.29) is 12.0 Å². The molecule has 3 heterocycles. The monoisotopic (exact) mass is 487 g/mol. The van der Waals surface area contributed by atoms with Crippen LogP contribution in [-0.2, 0) is 4.79 Å². The first-order chi connectivity index (χ1) is 16.8. The topological polar surface area (TPSA) is 99.4 Å². The maximum atomic E-state index is 11.3. The Morgan fingerprint density at radius 1 is 1.09 bits per heavy atom. The van der Waals surface area contributed by atoms with Crippen molar-refractivity contribution in [1.82, 2.24) is 25.1 Å². The second kappa shape index (κ2) is 14.2. The second-order valence-corrected chi connectivity index (χ2v) is 11.2. The Morgan fingerprint density at radius 3 is 2.34 bits per heavy atom. The summed E-state index contributed by atoms with van der Waals surface area (Å²) in [6, 6.07) is 1.09. The molecule has 3 fully saturated rings. The molecule has 0 radical (unpaired) electrons. The molecule has 2 aliphatic heterocycles. The number of nitrogens with zero attached hydrogens (tertiary/aromatic N) is 4. The van der Waals surface area contributed by atoms with Crippen molar-refractivity contribution in [2.45, 2.75) is 90.3 Å². The molecule has 0 amide bonds. The van der Waals surface area contributed by atoms with E-state index in [1.165, 1.54) is 37.7 Å². The van der Waals surface area contributed by atoms with Crippen molar-refractivity contribution in [3.63, 3.8) is 0 Å². The standard InChI is InChI=1S/C18H31N5.C9H18N2O/c1-13(2)23-11-16(19)8-17(12-23)22-18-20-9-15(10-21-18)14-6-4-3-5-7-14;1-8(2)9(12)7-11-5-3-10-4-6-11/h9-10,13-14,16-17H,3-8,11-12,19H2,1-2H3,(H,20,21,22);8,10H,3-7H2,1-2H3. The Morgan fingerprint density at radius 2 is 1.74 bits per heavy atom. The van der Waals surface area contributed by atoms with Gasteiger partial charge in [0.15, 0.2) is 0 Å². The third-order valence-electron chi connectivity index (χ3n) is 7.56. The quantitative estimate of drug-likeness (QED) is 0.540. The number of piperidine rings is 1. The van der Waals surface area contributed by atoms with Gasteiger partial charge in [0.05, 0.1) is 6.54 Å². The van der Waals surface area contributed by atoms with E-state index in [2.05, 4.69) is 44.2 Å². The highest BCUT2D eigenvalue weighted by Gasteiger charge is 2.27. The zero-order chi connectivity index (χ0) is 25.2. The first-order valence-electron chi connectivity index (χ1n) is 13.9. The van der Waals surface area contributed by atoms with Crippen molar-refractivity contribution in [2.75, 3.05) is 51.1 Å². The number of aromatic nitrogens is 2. The third kappa shape index (κ3) is 9.41. The minimum Gasteiger partial charge on any atom is -0.350 e. The molecule has 2 unspecified atom stereocenters. The molecular weight excluding hydrogens is 438 g/mol. The van der Waals surface area contributed by atoms with Crippen molar-refractivity contribution in [1.29, 1.82) is 0 Å². The summed E-state index contributed by atoms with van der Waals surface area (Å²) in [5, 5.41) is 6.75. The minimum absolute atomic E-state index is 0.180. The molecule has 1 aliphatic carbocycles. The summed E-state index contributed by atoms with van der Waals surface area (Å²) in [6.45, 7) is 15.1. The van der Waals surface area contributed by atoms with Gasteiger partial charge in [-0.1, -0.05) is 33.1 Å². The normalized spacial score (nSPS) is 24.8. The van der Waals surface area contributed by atoms with E-state index >= 15 is 0 Å². The van der Waals surface area contributed by atoms with Crippen LogP contribution in [0.1, 0.15) is 77.7 Å². The van der Waals surface area contributed by atoms with Gasteiger partial charge in [0.2, 0.25) is 5.95 Å². The summed E-state index contributed by atoms with van der Waals surface area (Å²) >= 11 is 0. The average molecular weight is 488 g/mol. The molecule has 0 aromatic carbocycles. The van der Waals surface area contributed by atoms with E-state index in [0.29, 0.717) is 30.3 Å². The molecule has 3 aliphatic rings. The smallest absolute Gasteiger partial charge is 0.222 e. The number of likely N-dealkylation sites (tertiary alicyclic amines) is 1. The van der Waals surface area contributed by atoms with Crippen LogP contribution in [0.3, 0.4) is 0 Å². The largest absolute Gasteiger partial charge is 0.350 e. The van der Waals surface area contributed by atoms with Crippen LogP contribution >= 0.6 is 0 Å². The lowest BCUT2D eigenvalue weighted by Crippen LogP contribution is -2.53. The Balaban J connectivity index is 0.000000241. The number of nitrogens with two attached hydrogens (primary N) is 1. The first-order valence-corrected chi connectivity index (χ1v) is 13.9. The number of Topliss-reactive ketones (excluding diaryl/α,β-unsaturated/α-hetero) is 1. The lowest BCUT2D eigenvalue weighted by molar-refractivity contribution is -0.123. The number of anilines is 1. The highest BCUT2D eigenvalue weighted by molar-refractivity contribution is 5.82. The number of nitrogens with one attached hydrogen (secondary N) is 2.